The summed E-state index contributed by atoms with van der Waals surface area (Å²) in [6.45, 7) is 2.74. The average Bonchev–Trinajstić information content (AvgIpc) is 2.65. The molecule has 0 saturated carbocycles. The monoisotopic (exact) mass is 390 g/mol. The molecule has 0 aliphatic rings. The first-order valence-corrected chi connectivity index (χ1v) is 9.28. The molecule has 2 aromatic rings. The molecule has 0 aromatic heterocycles. The molecule has 27 heavy (non-hydrogen) atoms. The number of nitro benzene ring substituents is 1. The molecule has 1 N–H and O–H groups in total. The van der Waals surface area contributed by atoms with Crippen molar-refractivity contribution < 1.29 is 18.1 Å². The number of hydrogen-bond donors (Lipinski definition) is 1. The van der Waals surface area contributed by atoms with E-state index in [-0.39, 0.29) is 16.3 Å². The summed E-state index contributed by atoms with van der Waals surface area (Å²) in [5.74, 6) is -0.679. The molecule has 0 fully saturated rings. The molecular weight excluding hydrogens is 372 g/mol. The topological polar surface area (TPSA) is 122 Å². The van der Waals surface area contributed by atoms with Gasteiger partial charge in [0.1, 0.15) is 6.54 Å². The van der Waals surface area contributed by atoms with Crippen LogP contribution in [-0.2, 0) is 14.8 Å². The zero-order chi connectivity index (χ0) is 20.0. The largest absolute Gasteiger partial charge is 0.271 e. The van der Waals surface area contributed by atoms with E-state index in [1.54, 1.807) is 32.0 Å². The molecule has 9 nitrogen and oxygen atoms in total. The Kier molecular flexibility index (Phi) is 6.24. The lowest BCUT2D eigenvalue weighted by molar-refractivity contribution is -0.384. The lowest BCUT2D eigenvalue weighted by atomic mass is 10.3. The van der Waals surface area contributed by atoms with Crippen molar-refractivity contribution >= 4 is 33.0 Å². The van der Waals surface area contributed by atoms with Gasteiger partial charge in [0.25, 0.3) is 21.6 Å². The smallest absolute Gasteiger partial charge is 0.271 e. The van der Waals surface area contributed by atoms with Gasteiger partial charge in [-0.3, -0.25) is 19.2 Å². The Morgan fingerprint density at radius 3 is 2.41 bits per heavy atom. The fraction of sp³-hybridized carbons (Fsp3) is 0.176. The molecule has 0 aliphatic carbocycles. The third-order valence-electron chi connectivity index (χ3n) is 3.35. The van der Waals surface area contributed by atoms with Crippen LogP contribution in [0.1, 0.15) is 13.8 Å². The second-order valence-electron chi connectivity index (χ2n) is 5.70. The maximum atomic E-state index is 13.0. The van der Waals surface area contributed by atoms with Crippen LogP contribution in [-0.4, -0.2) is 31.5 Å². The lowest BCUT2D eigenvalue weighted by Crippen LogP contribution is -2.39. The predicted molar refractivity (Wildman–Crippen MR) is 101 cm³/mol. The number of hydrogen-bond acceptors (Lipinski definition) is 6. The van der Waals surface area contributed by atoms with Gasteiger partial charge in [0, 0.05) is 17.8 Å². The van der Waals surface area contributed by atoms with Crippen molar-refractivity contribution in [3.8, 4) is 0 Å². The van der Waals surface area contributed by atoms with Crippen LogP contribution in [0.4, 0.5) is 11.4 Å². The van der Waals surface area contributed by atoms with Crippen LogP contribution in [0, 0.1) is 10.1 Å². The Morgan fingerprint density at radius 1 is 1.15 bits per heavy atom. The molecule has 1 amide bonds. The number of nitrogens with one attached hydrogen (secondary N) is 1. The number of sulfonamides is 1. The van der Waals surface area contributed by atoms with Crippen molar-refractivity contribution in [2.24, 2.45) is 5.10 Å². The number of nitrogens with zero attached hydrogens (tertiary/aromatic N) is 3. The number of carbonyl (C=O) groups is 1. The minimum absolute atomic E-state index is 0.000373. The fourth-order valence-electron chi connectivity index (χ4n) is 2.14. The van der Waals surface area contributed by atoms with Crippen LogP contribution in [0.3, 0.4) is 0 Å². The number of amides is 1. The first-order chi connectivity index (χ1) is 12.7. The number of nitro groups is 1. The molecule has 0 heterocycles. The maximum Gasteiger partial charge on any atom is 0.271 e. The standard InChI is InChI=1S/C17H18N4O5S/c1-13(2)18-19-17(22)12-20(14-7-6-8-15(11-14)21(23)24)27(25,26)16-9-4-3-5-10-16/h3-11H,12H2,1-2H3,(H,19,22). The number of anilines is 1. The van der Waals surface area contributed by atoms with Crippen molar-refractivity contribution in [2.45, 2.75) is 18.7 Å². The quantitative estimate of drug-likeness (QED) is 0.441. The fourth-order valence-corrected chi connectivity index (χ4v) is 3.57. The SMILES string of the molecule is CC(C)=NNC(=O)CN(c1cccc([N+](=O)[O-])c1)S(=O)(=O)c1ccccc1. The van der Waals surface area contributed by atoms with E-state index in [9.17, 15) is 23.3 Å². The summed E-state index contributed by atoms with van der Waals surface area (Å²) in [7, 11) is -4.13. The van der Waals surface area contributed by atoms with E-state index >= 15 is 0 Å². The molecule has 0 bridgehead atoms. The van der Waals surface area contributed by atoms with E-state index in [0.717, 1.165) is 10.4 Å². The first-order valence-electron chi connectivity index (χ1n) is 7.84. The Morgan fingerprint density at radius 2 is 1.81 bits per heavy atom. The third kappa shape index (κ3) is 5.11. The zero-order valence-corrected chi connectivity index (χ0v) is 15.5. The van der Waals surface area contributed by atoms with Crippen molar-refractivity contribution in [1.82, 2.24) is 5.43 Å². The van der Waals surface area contributed by atoms with Crippen molar-refractivity contribution in [3.63, 3.8) is 0 Å². The highest BCUT2D eigenvalue weighted by Gasteiger charge is 2.28. The van der Waals surface area contributed by atoms with Gasteiger partial charge >= 0.3 is 0 Å². The number of non-ortho nitro benzene ring substituents is 1. The highest BCUT2D eigenvalue weighted by atomic mass is 32.2. The van der Waals surface area contributed by atoms with Gasteiger partial charge < -0.3 is 0 Å². The minimum atomic E-state index is -4.13. The zero-order valence-electron chi connectivity index (χ0n) is 14.7. The van der Waals surface area contributed by atoms with Crippen LogP contribution in [0.2, 0.25) is 0 Å². The summed E-state index contributed by atoms with van der Waals surface area (Å²) in [5.41, 5.74) is 2.54. The van der Waals surface area contributed by atoms with Crippen LogP contribution in [0.15, 0.2) is 64.6 Å². The molecule has 0 saturated heterocycles. The van der Waals surface area contributed by atoms with Gasteiger partial charge in [0.2, 0.25) is 0 Å². The first kappa shape index (κ1) is 20.0. The van der Waals surface area contributed by atoms with Crippen molar-refractivity contribution in [1.29, 1.82) is 0 Å². The molecule has 2 aromatic carbocycles. The van der Waals surface area contributed by atoms with Gasteiger partial charge in [-0.1, -0.05) is 24.3 Å². The lowest BCUT2D eigenvalue weighted by Gasteiger charge is -2.23. The van der Waals surface area contributed by atoms with Crippen molar-refractivity contribution in [3.05, 3.63) is 64.7 Å². The molecule has 0 aliphatic heterocycles. The highest BCUT2D eigenvalue weighted by Crippen LogP contribution is 2.26. The summed E-state index contributed by atoms with van der Waals surface area (Å²) in [5, 5.41) is 14.8. The van der Waals surface area contributed by atoms with Gasteiger partial charge in [-0.25, -0.2) is 13.8 Å². The van der Waals surface area contributed by atoms with Crippen LogP contribution < -0.4 is 9.73 Å². The summed E-state index contributed by atoms with van der Waals surface area (Å²) >= 11 is 0. The molecular formula is C17H18N4O5S. The number of benzene rings is 2. The summed E-state index contributed by atoms with van der Waals surface area (Å²) in [6.07, 6.45) is 0. The van der Waals surface area contributed by atoms with Crippen LogP contribution in [0.5, 0.6) is 0 Å². The van der Waals surface area contributed by atoms with E-state index in [1.165, 1.54) is 30.3 Å². The predicted octanol–water partition coefficient (Wildman–Crippen LogP) is 2.30. The molecule has 0 atom stereocenters. The van der Waals surface area contributed by atoms with Gasteiger partial charge in [0.05, 0.1) is 15.5 Å². The Labute approximate surface area is 156 Å². The molecule has 142 valence electrons. The van der Waals surface area contributed by atoms with E-state index in [2.05, 4.69) is 10.5 Å². The minimum Gasteiger partial charge on any atom is -0.271 e. The second-order valence-corrected chi connectivity index (χ2v) is 7.56. The summed E-state index contributed by atoms with van der Waals surface area (Å²) in [4.78, 5) is 22.5. The van der Waals surface area contributed by atoms with Gasteiger partial charge in [-0.15, -0.1) is 0 Å². The van der Waals surface area contributed by atoms with E-state index in [1.807, 2.05) is 0 Å². The van der Waals surface area contributed by atoms with Gasteiger partial charge in [0.15, 0.2) is 0 Å². The Hall–Kier alpha value is -3.27. The second kappa shape index (κ2) is 8.41. The highest BCUT2D eigenvalue weighted by molar-refractivity contribution is 7.92. The number of rotatable bonds is 7. The maximum absolute atomic E-state index is 13.0. The Balaban J connectivity index is 2.49. The van der Waals surface area contributed by atoms with Crippen LogP contribution in [0.25, 0.3) is 0 Å². The normalized spacial score (nSPS) is 10.7. The van der Waals surface area contributed by atoms with E-state index in [4.69, 9.17) is 0 Å². The molecule has 10 heteroatoms. The molecule has 0 unspecified atom stereocenters. The van der Waals surface area contributed by atoms with E-state index < -0.39 is 27.4 Å². The number of hydrazone groups is 1. The molecule has 0 spiro atoms. The third-order valence-corrected chi connectivity index (χ3v) is 5.14. The average molecular weight is 390 g/mol. The molecule has 0 radical (unpaired) electrons. The van der Waals surface area contributed by atoms with Crippen LogP contribution >= 0.6 is 0 Å². The number of carbonyl (C=O) groups excluding carboxylic acids is 1. The van der Waals surface area contributed by atoms with Crippen molar-refractivity contribution in [2.75, 3.05) is 10.8 Å². The summed E-state index contributed by atoms with van der Waals surface area (Å²) < 4.78 is 26.9. The Bertz CT molecular complexity index is 970. The van der Waals surface area contributed by atoms with E-state index in [0.29, 0.717) is 5.71 Å². The summed E-state index contributed by atoms with van der Waals surface area (Å²) in [6, 6.07) is 12.6. The van der Waals surface area contributed by atoms with Gasteiger partial charge in [-0.2, -0.15) is 5.10 Å². The molecule has 2 rings (SSSR count). The van der Waals surface area contributed by atoms with Gasteiger partial charge in [-0.05, 0) is 32.0 Å².